The van der Waals surface area contributed by atoms with E-state index in [1.807, 2.05) is 6.92 Å². The number of carbonyl (C=O) groups excluding carboxylic acids is 2. The van der Waals surface area contributed by atoms with Crippen molar-refractivity contribution in [1.29, 1.82) is 0 Å². The van der Waals surface area contributed by atoms with Crippen LogP contribution in [0.4, 0.5) is 5.69 Å². The number of unbranched alkanes of at least 4 members (excludes halogenated alkanes) is 1. The lowest BCUT2D eigenvalue weighted by molar-refractivity contribution is -0.139. The number of sulfonamides is 1. The number of benzene rings is 2. The van der Waals surface area contributed by atoms with Crippen LogP contribution in [-0.2, 0) is 26.2 Å². The summed E-state index contributed by atoms with van der Waals surface area (Å²) in [5, 5.41) is 3.64. The third-order valence-electron chi connectivity index (χ3n) is 5.19. The molecule has 7 nitrogen and oxygen atoms in total. The number of amides is 2. The van der Waals surface area contributed by atoms with E-state index < -0.39 is 28.5 Å². The summed E-state index contributed by atoms with van der Waals surface area (Å²) in [6, 6.07) is 10.3. The number of carbonyl (C=O) groups is 2. The number of rotatable bonds is 11. The Kier molecular flexibility index (Phi) is 10.5. The Hall–Kier alpha value is -2.00. The molecule has 34 heavy (non-hydrogen) atoms. The van der Waals surface area contributed by atoms with Gasteiger partial charge in [-0.25, -0.2) is 8.42 Å². The summed E-state index contributed by atoms with van der Waals surface area (Å²) in [6.07, 6.45) is 2.67. The molecule has 0 radical (unpaired) electrons. The third kappa shape index (κ3) is 7.50. The average Bonchev–Trinajstić information content (AvgIpc) is 2.76. The minimum absolute atomic E-state index is 0.0835. The second-order valence-electron chi connectivity index (χ2n) is 7.76. The molecule has 0 heterocycles. The molecular weight excluding hydrogens is 521 g/mol. The molecule has 0 unspecified atom stereocenters. The van der Waals surface area contributed by atoms with Crippen LogP contribution >= 0.6 is 34.8 Å². The standard InChI is InChI=1S/C23H28Cl3N3O4S/c1-4-5-13-27-23(31)16(2)28(14-17-18(24)10-8-11-19(17)25)22(30)15-29(34(3,32)33)21-12-7-6-9-20(21)26/h6-12,16H,4-5,13-15H2,1-3H3,(H,27,31)/t16-/m1/s1. The van der Waals surface area contributed by atoms with E-state index in [1.54, 1.807) is 37.3 Å². The molecule has 0 fully saturated rings. The van der Waals surface area contributed by atoms with Gasteiger partial charge in [0.05, 0.1) is 17.0 Å². The van der Waals surface area contributed by atoms with Crippen molar-refractivity contribution in [3.63, 3.8) is 0 Å². The molecule has 0 spiro atoms. The summed E-state index contributed by atoms with van der Waals surface area (Å²) in [4.78, 5) is 27.6. The van der Waals surface area contributed by atoms with E-state index in [1.165, 1.54) is 17.0 Å². The molecule has 186 valence electrons. The van der Waals surface area contributed by atoms with Crippen molar-refractivity contribution in [3.05, 3.63) is 63.1 Å². The molecule has 0 aromatic heterocycles. The van der Waals surface area contributed by atoms with E-state index in [2.05, 4.69) is 5.32 Å². The van der Waals surface area contributed by atoms with Gasteiger partial charge in [-0.3, -0.25) is 13.9 Å². The van der Waals surface area contributed by atoms with E-state index in [4.69, 9.17) is 34.8 Å². The molecule has 0 aliphatic rings. The van der Waals surface area contributed by atoms with Crippen molar-refractivity contribution in [3.8, 4) is 0 Å². The van der Waals surface area contributed by atoms with Crippen LogP contribution < -0.4 is 9.62 Å². The maximum absolute atomic E-state index is 13.5. The lowest BCUT2D eigenvalue weighted by atomic mass is 10.1. The number of nitrogens with one attached hydrogen (secondary N) is 1. The molecular formula is C23H28Cl3N3O4S. The van der Waals surface area contributed by atoms with Crippen LogP contribution in [0.15, 0.2) is 42.5 Å². The molecule has 11 heteroatoms. The Labute approximate surface area is 216 Å². The summed E-state index contributed by atoms with van der Waals surface area (Å²) in [5.74, 6) is -0.979. The van der Waals surface area contributed by atoms with E-state index in [0.29, 0.717) is 22.2 Å². The van der Waals surface area contributed by atoms with Gasteiger partial charge >= 0.3 is 0 Å². The zero-order valence-electron chi connectivity index (χ0n) is 19.2. The van der Waals surface area contributed by atoms with Gasteiger partial charge in [-0.2, -0.15) is 0 Å². The topological polar surface area (TPSA) is 86.8 Å². The fraction of sp³-hybridized carbons (Fsp3) is 0.391. The molecule has 0 bridgehead atoms. The van der Waals surface area contributed by atoms with E-state index in [9.17, 15) is 18.0 Å². The van der Waals surface area contributed by atoms with Gasteiger partial charge in [0, 0.05) is 28.7 Å². The number of nitrogens with zero attached hydrogens (tertiary/aromatic N) is 2. The first-order chi connectivity index (χ1) is 16.0. The highest BCUT2D eigenvalue weighted by atomic mass is 35.5. The van der Waals surface area contributed by atoms with Crippen LogP contribution in [0.3, 0.4) is 0 Å². The van der Waals surface area contributed by atoms with Crippen LogP contribution in [0.25, 0.3) is 0 Å². The number of anilines is 1. The highest BCUT2D eigenvalue weighted by Gasteiger charge is 2.31. The quantitative estimate of drug-likeness (QED) is 0.411. The monoisotopic (exact) mass is 547 g/mol. The molecule has 2 rings (SSSR count). The Morgan fingerprint density at radius 1 is 1.00 bits per heavy atom. The van der Waals surface area contributed by atoms with Crippen LogP contribution in [0, 0.1) is 0 Å². The molecule has 2 aromatic carbocycles. The lowest BCUT2D eigenvalue weighted by Gasteiger charge is -2.32. The fourth-order valence-electron chi connectivity index (χ4n) is 3.22. The molecule has 0 aliphatic heterocycles. The predicted octanol–water partition coefficient (Wildman–Crippen LogP) is 4.75. The van der Waals surface area contributed by atoms with Crippen LogP contribution in [-0.4, -0.2) is 50.5 Å². The number of hydrogen-bond acceptors (Lipinski definition) is 4. The maximum Gasteiger partial charge on any atom is 0.244 e. The summed E-state index contributed by atoms with van der Waals surface area (Å²) < 4.78 is 26.0. The molecule has 2 aromatic rings. The predicted molar refractivity (Wildman–Crippen MR) is 138 cm³/mol. The highest BCUT2D eigenvalue weighted by molar-refractivity contribution is 7.92. The minimum Gasteiger partial charge on any atom is -0.354 e. The molecule has 0 saturated heterocycles. The van der Waals surface area contributed by atoms with Crippen molar-refractivity contribution < 1.29 is 18.0 Å². The third-order valence-corrected chi connectivity index (χ3v) is 7.34. The summed E-state index contributed by atoms with van der Waals surface area (Å²) in [7, 11) is -3.87. The second kappa shape index (κ2) is 12.6. The van der Waals surface area contributed by atoms with Crippen molar-refractivity contribution in [2.75, 3.05) is 23.7 Å². The summed E-state index contributed by atoms with van der Waals surface area (Å²) in [6.45, 7) is 3.39. The normalized spacial score (nSPS) is 12.2. The zero-order valence-corrected chi connectivity index (χ0v) is 22.3. The Bertz CT molecular complexity index is 1110. The maximum atomic E-state index is 13.5. The van der Waals surface area contributed by atoms with Gasteiger partial charge < -0.3 is 10.2 Å². The highest BCUT2D eigenvalue weighted by Crippen LogP contribution is 2.29. The molecule has 2 amide bonds. The smallest absolute Gasteiger partial charge is 0.244 e. The largest absolute Gasteiger partial charge is 0.354 e. The van der Waals surface area contributed by atoms with Crippen LogP contribution in [0.1, 0.15) is 32.3 Å². The SMILES string of the molecule is CCCCNC(=O)[C@@H](C)N(Cc1c(Cl)cccc1Cl)C(=O)CN(c1ccccc1Cl)S(C)(=O)=O. The summed E-state index contributed by atoms with van der Waals surface area (Å²) >= 11 is 18.8. The second-order valence-corrected chi connectivity index (χ2v) is 10.9. The summed E-state index contributed by atoms with van der Waals surface area (Å²) in [5.41, 5.74) is 0.617. The van der Waals surface area contributed by atoms with Gasteiger partial charge in [0.25, 0.3) is 0 Å². The Morgan fingerprint density at radius 3 is 2.15 bits per heavy atom. The molecule has 0 saturated carbocycles. The van der Waals surface area contributed by atoms with E-state index in [0.717, 1.165) is 23.4 Å². The molecule has 0 aliphatic carbocycles. The first kappa shape index (κ1) is 28.2. The Balaban J connectivity index is 2.42. The van der Waals surface area contributed by atoms with Gasteiger partial charge in [0.15, 0.2) is 0 Å². The molecule has 1 N–H and O–H groups in total. The first-order valence-corrected chi connectivity index (χ1v) is 13.7. The lowest BCUT2D eigenvalue weighted by Crippen LogP contribution is -2.51. The van der Waals surface area contributed by atoms with Gasteiger partial charge in [0.2, 0.25) is 21.8 Å². The van der Waals surface area contributed by atoms with Gasteiger partial charge in [0.1, 0.15) is 12.6 Å². The molecule has 1 atom stereocenters. The number of para-hydroxylation sites is 1. The number of hydrogen-bond donors (Lipinski definition) is 1. The van der Waals surface area contributed by atoms with Crippen LogP contribution in [0.2, 0.25) is 15.1 Å². The number of halogens is 3. The van der Waals surface area contributed by atoms with Gasteiger partial charge in [-0.05, 0) is 37.6 Å². The van der Waals surface area contributed by atoms with Gasteiger partial charge in [-0.15, -0.1) is 0 Å². The van der Waals surface area contributed by atoms with E-state index >= 15 is 0 Å². The zero-order chi connectivity index (χ0) is 25.5. The van der Waals surface area contributed by atoms with Crippen LogP contribution in [0.5, 0.6) is 0 Å². The first-order valence-electron chi connectivity index (χ1n) is 10.7. The minimum atomic E-state index is -3.87. The van der Waals surface area contributed by atoms with Crippen molar-refractivity contribution in [1.82, 2.24) is 10.2 Å². The van der Waals surface area contributed by atoms with Gasteiger partial charge in [-0.1, -0.05) is 66.3 Å². The Morgan fingerprint density at radius 2 is 1.59 bits per heavy atom. The fourth-order valence-corrected chi connectivity index (χ4v) is 4.89. The van der Waals surface area contributed by atoms with Crippen molar-refractivity contribution in [2.24, 2.45) is 0 Å². The van der Waals surface area contributed by atoms with Crippen molar-refractivity contribution >= 4 is 62.3 Å². The van der Waals surface area contributed by atoms with E-state index in [-0.39, 0.29) is 23.2 Å². The van der Waals surface area contributed by atoms with Crippen molar-refractivity contribution in [2.45, 2.75) is 39.3 Å². The average molecular weight is 549 g/mol.